The smallest absolute Gasteiger partial charge is 0.433 e. The summed E-state index contributed by atoms with van der Waals surface area (Å²) in [6, 6.07) is -0.960. The molecule has 0 radical (unpaired) electrons. The number of likely N-dealkylation sites (tertiary alicyclic amines) is 1. The van der Waals surface area contributed by atoms with E-state index in [-0.39, 0.29) is 31.0 Å². The van der Waals surface area contributed by atoms with E-state index >= 15 is 0 Å². The summed E-state index contributed by atoms with van der Waals surface area (Å²) >= 11 is 1.81. The molecule has 9 nitrogen and oxygen atoms in total. The summed E-state index contributed by atoms with van der Waals surface area (Å²) in [6.07, 6.45) is 6.87. The minimum atomic E-state index is -0.805. The summed E-state index contributed by atoms with van der Waals surface area (Å²) in [4.78, 5) is 50.7. The van der Waals surface area contributed by atoms with Crippen LogP contribution in [0, 0.1) is 11.8 Å². The number of nitrogens with zero attached hydrogens (tertiary/aromatic N) is 2. The van der Waals surface area contributed by atoms with Crippen LogP contribution in [0.25, 0.3) is 0 Å². The first-order valence-corrected chi connectivity index (χ1v) is 12.9. The second-order valence-electron chi connectivity index (χ2n) is 9.38. The molecule has 1 saturated carbocycles. The van der Waals surface area contributed by atoms with Gasteiger partial charge in [-0.1, -0.05) is 25.7 Å². The number of quaternary nitrogens is 1. The van der Waals surface area contributed by atoms with Crippen LogP contribution in [0.15, 0.2) is 0 Å². The van der Waals surface area contributed by atoms with Crippen LogP contribution in [0.1, 0.15) is 64.7 Å². The number of imide groups is 2. The molecule has 2 aliphatic heterocycles. The van der Waals surface area contributed by atoms with Crippen LogP contribution in [0.2, 0.25) is 0 Å². The Morgan fingerprint density at radius 1 is 1.16 bits per heavy atom. The Balaban J connectivity index is 1.75. The number of amides is 5. The highest BCUT2D eigenvalue weighted by Crippen LogP contribution is 2.35. The second-order valence-corrected chi connectivity index (χ2v) is 10.6. The van der Waals surface area contributed by atoms with Crippen molar-refractivity contribution in [3.05, 3.63) is 0 Å². The fraction of sp³-hybridized carbons (Fsp3) is 0.818. The molecule has 180 valence electrons. The van der Waals surface area contributed by atoms with Gasteiger partial charge >= 0.3 is 18.0 Å². The van der Waals surface area contributed by atoms with Gasteiger partial charge in [-0.2, -0.15) is 16.2 Å². The number of alkyl carbamates (subject to hydrolysis) is 1. The van der Waals surface area contributed by atoms with Gasteiger partial charge < -0.3 is 4.74 Å². The van der Waals surface area contributed by atoms with Crippen molar-refractivity contribution in [2.75, 3.05) is 24.6 Å². The topological polar surface area (TPSA) is 113 Å². The number of carbonyl (C=O) groups excluding carboxylic acids is 4. The van der Waals surface area contributed by atoms with E-state index in [4.69, 9.17) is 4.74 Å². The van der Waals surface area contributed by atoms with Crippen LogP contribution < -0.4 is 5.32 Å². The highest BCUT2D eigenvalue weighted by molar-refractivity contribution is 7.99. The van der Waals surface area contributed by atoms with Gasteiger partial charge in [0.15, 0.2) is 0 Å². The molecule has 2 N–H and O–H groups in total. The second kappa shape index (κ2) is 11.5. The molecule has 2 heterocycles. The molecular weight excluding hydrogens is 434 g/mol. The van der Waals surface area contributed by atoms with Crippen molar-refractivity contribution in [1.82, 2.24) is 10.4 Å². The zero-order valence-corrected chi connectivity index (χ0v) is 19.7. The number of nitrogens with one attached hydrogen (secondary N) is 1. The monoisotopic (exact) mass is 470 g/mol. The molecule has 10 heteroatoms. The standard InChI is InChI=1S/C22H35N3O6S/c1-16-5-4-10-25(16,21(28)23-22(29)31-19-8-11-32-12-9-19)20(27)18(14-24(30)15-26)13-17-6-2-3-7-17/h15-19,30H,2-14H2,1H3/p+1/t16-,18-,25?/m1/s1. The lowest BCUT2D eigenvalue weighted by molar-refractivity contribution is -0.786. The molecular formula is C22H36N3O6S+. The van der Waals surface area contributed by atoms with E-state index in [0.717, 1.165) is 50.0 Å². The summed E-state index contributed by atoms with van der Waals surface area (Å²) in [5.74, 6) is 1.16. The first-order valence-electron chi connectivity index (χ1n) is 11.8. The Bertz CT molecular complexity index is 695. The maximum absolute atomic E-state index is 13.8. The minimum Gasteiger partial charge on any atom is -0.446 e. The van der Waals surface area contributed by atoms with Crippen molar-refractivity contribution in [2.45, 2.75) is 76.9 Å². The molecule has 3 fully saturated rings. The van der Waals surface area contributed by atoms with Crippen LogP contribution >= 0.6 is 11.8 Å². The van der Waals surface area contributed by atoms with Crippen molar-refractivity contribution in [3.63, 3.8) is 0 Å². The number of hydroxylamine groups is 2. The van der Waals surface area contributed by atoms with E-state index in [1.165, 1.54) is 0 Å². The lowest BCUT2D eigenvalue weighted by Crippen LogP contribution is -2.65. The molecule has 3 atom stereocenters. The van der Waals surface area contributed by atoms with E-state index in [1.807, 2.05) is 18.7 Å². The molecule has 1 aliphatic carbocycles. The Morgan fingerprint density at radius 3 is 2.44 bits per heavy atom. The van der Waals surface area contributed by atoms with Gasteiger partial charge in [-0.25, -0.2) is 24.8 Å². The number of thioether (sulfide) groups is 1. The molecule has 0 spiro atoms. The Kier molecular flexibility index (Phi) is 8.95. The largest absolute Gasteiger partial charge is 0.446 e. The molecule has 3 aliphatic rings. The van der Waals surface area contributed by atoms with Gasteiger partial charge in [0.2, 0.25) is 6.41 Å². The zero-order valence-electron chi connectivity index (χ0n) is 18.9. The molecule has 1 unspecified atom stereocenters. The van der Waals surface area contributed by atoms with Gasteiger partial charge in [0, 0.05) is 12.8 Å². The van der Waals surface area contributed by atoms with Gasteiger partial charge in [-0.3, -0.25) is 10.0 Å². The SMILES string of the molecule is C[C@@H]1CCC[N+]1(C(=O)NC(=O)OC1CCSCC1)C(=O)[C@H](CC1CCCC1)CN(O)C=O. The Hall–Kier alpha value is -1.65. The third-order valence-electron chi connectivity index (χ3n) is 7.26. The van der Waals surface area contributed by atoms with Gasteiger partial charge in [0.05, 0.1) is 19.0 Å². The Morgan fingerprint density at radius 2 is 1.84 bits per heavy atom. The molecule has 0 aromatic heterocycles. The van der Waals surface area contributed by atoms with Crippen LogP contribution in [-0.4, -0.2) is 75.9 Å². The fourth-order valence-corrected chi connectivity index (χ4v) is 6.53. The lowest BCUT2D eigenvalue weighted by atomic mass is 9.91. The number of rotatable bonds is 7. The van der Waals surface area contributed by atoms with Crippen LogP contribution in [0.5, 0.6) is 0 Å². The molecule has 0 aromatic rings. The number of carbonyl (C=O) groups is 4. The van der Waals surface area contributed by atoms with Crippen LogP contribution in [-0.2, 0) is 14.3 Å². The summed E-state index contributed by atoms with van der Waals surface area (Å²) in [7, 11) is 0. The predicted octanol–water partition coefficient (Wildman–Crippen LogP) is 3.30. The van der Waals surface area contributed by atoms with Crippen molar-refractivity contribution in [2.24, 2.45) is 11.8 Å². The normalized spacial score (nSPS) is 27.6. The summed E-state index contributed by atoms with van der Waals surface area (Å²) < 4.78 is 4.95. The third-order valence-corrected chi connectivity index (χ3v) is 8.31. The summed E-state index contributed by atoms with van der Waals surface area (Å²) in [5.41, 5.74) is 0. The fourth-order valence-electron chi connectivity index (χ4n) is 5.46. The number of ether oxygens (including phenoxy) is 1. The Labute approximate surface area is 193 Å². The number of hydrogen-bond donors (Lipinski definition) is 2. The van der Waals surface area contributed by atoms with Crippen molar-refractivity contribution in [3.8, 4) is 0 Å². The van der Waals surface area contributed by atoms with Crippen molar-refractivity contribution < 1.29 is 33.6 Å². The highest BCUT2D eigenvalue weighted by Gasteiger charge is 2.55. The summed E-state index contributed by atoms with van der Waals surface area (Å²) in [6.45, 7) is 1.99. The zero-order chi connectivity index (χ0) is 23.1. The highest BCUT2D eigenvalue weighted by atomic mass is 32.2. The van der Waals surface area contributed by atoms with Crippen molar-refractivity contribution in [1.29, 1.82) is 0 Å². The maximum Gasteiger partial charge on any atom is 0.433 e. The van der Waals surface area contributed by atoms with E-state index in [9.17, 15) is 24.4 Å². The van der Waals surface area contributed by atoms with Crippen molar-refractivity contribution >= 4 is 36.2 Å². The van der Waals surface area contributed by atoms with E-state index in [1.54, 1.807) is 0 Å². The van der Waals surface area contributed by atoms with Crippen LogP contribution in [0.3, 0.4) is 0 Å². The summed E-state index contributed by atoms with van der Waals surface area (Å²) in [5, 5.41) is 12.7. The third kappa shape index (κ3) is 5.82. The maximum atomic E-state index is 13.8. The van der Waals surface area contributed by atoms with Crippen LogP contribution in [0.4, 0.5) is 9.59 Å². The van der Waals surface area contributed by atoms with Gasteiger partial charge in [0.1, 0.15) is 12.1 Å². The molecule has 3 rings (SSSR count). The lowest BCUT2D eigenvalue weighted by Gasteiger charge is -2.36. The average Bonchev–Trinajstić information content (AvgIpc) is 3.43. The number of hydrogen-bond acceptors (Lipinski definition) is 7. The number of urea groups is 1. The average molecular weight is 471 g/mol. The van der Waals surface area contributed by atoms with Gasteiger partial charge in [-0.05, 0) is 43.6 Å². The molecule has 32 heavy (non-hydrogen) atoms. The quantitative estimate of drug-likeness (QED) is 0.254. The minimum absolute atomic E-state index is 0.150. The molecule has 0 bridgehead atoms. The van der Waals surface area contributed by atoms with Gasteiger partial charge in [0.25, 0.3) is 0 Å². The van der Waals surface area contributed by atoms with E-state index in [2.05, 4.69) is 5.32 Å². The first-order chi connectivity index (χ1) is 15.4. The molecule has 0 aromatic carbocycles. The predicted molar refractivity (Wildman–Crippen MR) is 119 cm³/mol. The van der Waals surface area contributed by atoms with Gasteiger partial charge in [-0.15, -0.1) is 0 Å². The van der Waals surface area contributed by atoms with E-state index < -0.39 is 22.5 Å². The molecule has 5 amide bonds. The molecule has 2 saturated heterocycles. The van der Waals surface area contributed by atoms with E-state index in [0.29, 0.717) is 36.8 Å². The first kappa shape index (κ1) is 25.0.